The van der Waals surface area contributed by atoms with Crippen LogP contribution in [0.3, 0.4) is 0 Å². The Kier molecular flexibility index (Phi) is 12.0. The van der Waals surface area contributed by atoms with Gasteiger partial charge < -0.3 is 28.6 Å². The Morgan fingerprint density at radius 1 is 0.469 bits per heavy atom. The fraction of sp³-hybridized carbons (Fsp3) is 0.269. The lowest BCUT2D eigenvalue weighted by molar-refractivity contribution is 0.0882. The van der Waals surface area contributed by atoms with Gasteiger partial charge in [-0.25, -0.2) is 19.9 Å². The van der Waals surface area contributed by atoms with Gasteiger partial charge in [0, 0.05) is 76.3 Å². The van der Waals surface area contributed by atoms with Crippen molar-refractivity contribution in [2.75, 3.05) is 13.2 Å². The summed E-state index contributed by atoms with van der Waals surface area (Å²) in [5.41, 5.74) is 15.1. The lowest BCUT2D eigenvalue weighted by Crippen LogP contribution is -2.22. The fourth-order valence-corrected chi connectivity index (χ4v) is 9.60. The van der Waals surface area contributed by atoms with Gasteiger partial charge in [-0.1, -0.05) is 98.9 Å². The van der Waals surface area contributed by atoms with Crippen LogP contribution >= 0.6 is 0 Å². The van der Waals surface area contributed by atoms with Crippen LogP contribution in [0.2, 0.25) is 51.4 Å². The van der Waals surface area contributed by atoms with Crippen LogP contribution in [0.25, 0.3) is 91.4 Å². The number of aryl methyl sites for hydroxylation is 2. The number of nitrogens with one attached hydrogen (secondary N) is 2. The van der Waals surface area contributed by atoms with Crippen molar-refractivity contribution in [1.29, 1.82) is 0 Å². The van der Waals surface area contributed by atoms with Gasteiger partial charge in [0.15, 0.2) is 0 Å². The molecule has 12 heteroatoms. The third-order valence-corrected chi connectivity index (χ3v) is 15.2. The zero-order valence-corrected chi connectivity index (χ0v) is 40.3. The first-order valence-electron chi connectivity index (χ1n) is 22.3. The Bertz CT molecular complexity index is 2890. The predicted molar refractivity (Wildman–Crippen MR) is 270 cm³/mol. The number of fused-ring (bicyclic) bond motifs is 8. The van der Waals surface area contributed by atoms with Gasteiger partial charge in [-0.15, -0.1) is 0 Å². The van der Waals surface area contributed by atoms with Crippen LogP contribution in [0.4, 0.5) is 0 Å². The first-order valence-corrected chi connectivity index (χ1v) is 29.7. The van der Waals surface area contributed by atoms with E-state index in [0.717, 1.165) is 102 Å². The van der Waals surface area contributed by atoms with Crippen LogP contribution in [0.5, 0.6) is 0 Å². The van der Waals surface area contributed by atoms with E-state index in [-0.39, 0.29) is 0 Å². The molecule has 0 amide bonds. The van der Waals surface area contributed by atoms with E-state index in [1.165, 1.54) is 11.1 Å². The van der Waals surface area contributed by atoms with Crippen molar-refractivity contribution in [2.45, 2.75) is 78.7 Å². The highest BCUT2D eigenvalue weighted by atomic mass is 28.3. The number of ether oxygens (including phenoxy) is 2. The summed E-state index contributed by atoms with van der Waals surface area (Å²) in [5.74, 6) is 1.55. The number of hydrogen-bond acceptors (Lipinski definition) is 6. The number of rotatable bonds is 14. The molecule has 7 heterocycles. The standard InChI is InChI=1S/C52H58N8O2Si2/c1-35-9-13-37(14-10-35)47-39-17-21-43(55-39)49(51-53-25-27-59(51)33-61-29-31-63(3,4)5)45-23-19-41(57-45)48(38-15-11-36(2)12-16-38)42-20-24-46(58-42)50(44-22-18-40(47)56-44)52-54-26-28-60(52)34-62-30-32-64(6,7)8/h9-28,55-56H,29-34H2,1-8H3. The number of hydrogen-bond donors (Lipinski definition) is 2. The van der Waals surface area contributed by atoms with Gasteiger partial charge in [0.1, 0.15) is 25.1 Å². The van der Waals surface area contributed by atoms with E-state index in [0.29, 0.717) is 26.7 Å². The Balaban J connectivity index is 1.33. The normalized spacial score (nSPS) is 12.8. The number of imidazole rings is 2. The van der Waals surface area contributed by atoms with Gasteiger partial charge in [-0.3, -0.25) is 0 Å². The van der Waals surface area contributed by atoms with Crippen LogP contribution < -0.4 is 0 Å². The second-order valence-corrected chi connectivity index (χ2v) is 30.6. The Morgan fingerprint density at radius 3 is 1.22 bits per heavy atom. The van der Waals surface area contributed by atoms with Gasteiger partial charge in [0.05, 0.1) is 44.9 Å². The molecule has 7 aromatic rings. The van der Waals surface area contributed by atoms with Gasteiger partial charge in [-0.05, 0) is 85.6 Å². The molecule has 0 fully saturated rings. The maximum absolute atomic E-state index is 6.31. The van der Waals surface area contributed by atoms with Gasteiger partial charge in [0.25, 0.3) is 0 Å². The lowest BCUT2D eigenvalue weighted by atomic mass is 10.0. The molecule has 0 saturated heterocycles. The van der Waals surface area contributed by atoms with Crippen molar-refractivity contribution >= 4 is 62.5 Å². The molecule has 9 rings (SSSR count). The molecule has 2 N–H and O–H groups in total. The molecule has 64 heavy (non-hydrogen) atoms. The van der Waals surface area contributed by atoms with Crippen molar-refractivity contribution < 1.29 is 9.47 Å². The average molecular weight is 883 g/mol. The quantitative estimate of drug-likeness (QED) is 0.0831. The first-order chi connectivity index (χ1) is 30.8. The Morgan fingerprint density at radius 2 is 0.828 bits per heavy atom. The molecule has 2 aliphatic heterocycles. The summed E-state index contributed by atoms with van der Waals surface area (Å²) in [4.78, 5) is 28.6. The predicted octanol–water partition coefficient (Wildman–Crippen LogP) is 13.0. The minimum absolute atomic E-state index is 0.388. The van der Waals surface area contributed by atoms with Gasteiger partial charge in [-0.2, -0.15) is 0 Å². The Labute approximate surface area is 377 Å². The lowest BCUT2D eigenvalue weighted by Gasteiger charge is -2.16. The van der Waals surface area contributed by atoms with E-state index in [4.69, 9.17) is 29.4 Å². The number of H-pyrrole nitrogens is 2. The zero-order valence-electron chi connectivity index (χ0n) is 38.3. The Hall–Kier alpha value is -6.19. The molecule has 0 unspecified atom stereocenters. The number of aromatic amines is 2. The molecular formula is C52H58N8O2Si2. The van der Waals surface area contributed by atoms with Crippen LogP contribution in [0.1, 0.15) is 33.9 Å². The largest absolute Gasteiger partial charge is 0.361 e. The van der Waals surface area contributed by atoms with Gasteiger partial charge >= 0.3 is 0 Å². The summed E-state index contributed by atoms with van der Waals surface area (Å²) in [6, 6.07) is 28.1. The maximum Gasteiger partial charge on any atom is 0.146 e. The third kappa shape index (κ3) is 9.37. The van der Waals surface area contributed by atoms with E-state index in [1.807, 2.05) is 24.8 Å². The number of aromatic nitrogens is 8. The molecule has 0 spiro atoms. The molecule has 8 bridgehead atoms. The highest BCUT2D eigenvalue weighted by molar-refractivity contribution is 6.76. The number of nitrogens with zero attached hydrogens (tertiary/aromatic N) is 6. The third-order valence-electron chi connectivity index (χ3n) is 11.8. The molecule has 0 aliphatic carbocycles. The van der Waals surface area contributed by atoms with E-state index >= 15 is 0 Å². The molecule has 326 valence electrons. The molecule has 0 saturated carbocycles. The minimum Gasteiger partial charge on any atom is -0.361 e. The fourth-order valence-electron chi connectivity index (χ4n) is 8.09. The van der Waals surface area contributed by atoms with Crippen molar-refractivity contribution in [3.63, 3.8) is 0 Å². The minimum atomic E-state index is -1.27. The smallest absolute Gasteiger partial charge is 0.146 e. The summed E-state index contributed by atoms with van der Waals surface area (Å²) in [6.07, 6.45) is 16.1. The van der Waals surface area contributed by atoms with Crippen LogP contribution in [-0.2, 0) is 22.9 Å². The van der Waals surface area contributed by atoms with Crippen molar-refractivity contribution in [1.82, 2.24) is 39.0 Å². The van der Waals surface area contributed by atoms with E-state index < -0.39 is 16.1 Å². The average Bonchev–Trinajstić information content (AvgIpc) is 4.12. The van der Waals surface area contributed by atoms with E-state index in [1.54, 1.807) is 0 Å². The van der Waals surface area contributed by atoms with Crippen LogP contribution in [-0.4, -0.2) is 68.4 Å². The van der Waals surface area contributed by atoms with E-state index in [9.17, 15) is 0 Å². The first kappa shape index (κ1) is 43.1. The summed E-state index contributed by atoms with van der Waals surface area (Å²) >= 11 is 0. The summed E-state index contributed by atoms with van der Waals surface area (Å²) in [5, 5.41) is 0. The summed E-state index contributed by atoms with van der Waals surface area (Å²) in [6.45, 7) is 20.7. The van der Waals surface area contributed by atoms with Crippen molar-refractivity contribution in [2.24, 2.45) is 0 Å². The van der Waals surface area contributed by atoms with Gasteiger partial charge in [0.2, 0.25) is 0 Å². The topological polar surface area (TPSA) is 111 Å². The SMILES string of the molecule is Cc1ccc(-c2c3nc(c(-c4nccn4COCC[Si](C)(C)C)c4ccc([nH]4)c(-c4ccc(C)cc4)c4ccc([nH]4)c(-c4nccn4COCC[Si](C)(C)C)c4nc2C=C4)C=C3)cc1. The maximum atomic E-state index is 6.31. The monoisotopic (exact) mass is 882 g/mol. The highest BCUT2D eigenvalue weighted by Gasteiger charge is 2.23. The zero-order chi connectivity index (χ0) is 44.6. The second kappa shape index (κ2) is 17.8. The van der Waals surface area contributed by atoms with E-state index in [2.05, 4.69) is 169 Å². The molecule has 2 aromatic carbocycles. The molecule has 2 aliphatic rings. The summed E-state index contributed by atoms with van der Waals surface area (Å²) < 4.78 is 16.8. The van der Waals surface area contributed by atoms with Crippen LogP contribution in [0, 0.1) is 13.8 Å². The molecule has 10 nitrogen and oxygen atoms in total. The van der Waals surface area contributed by atoms with Crippen molar-refractivity contribution in [3.05, 3.63) is 131 Å². The second-order valence-electron chi connectivity index (χ2n) is 19.4. The number of benzene rings is 2. The van der Waals surface area contributed by atoms with Crippen LogP contribution in [0.15, 0.2) is 97.6 Å². The molecule has 0 atom stereocenters. The van der Waals surface area contributed by atoms with Crippen molar-refractivity contribution in [3.8, 4) is 45.0 Å². The molecular weight excluding hydrogens is 825 g/mol. The highest BCUT2D eigenvalue weighted by Crippen LogP contribution is 2.38. The molecule has 0 radical (unpaired) electrons. The molecule has 5 aromatic heterocycles. The summed E-state index contributed by atoms with van der Waals surface area (Å²) in [7, 11) is -2.54.